The van der Waals surface area contributed by atoms with Crippen LogP contribution in [0.1, 0.15) is 93.5 Å². The second-order valence-electron chi connectivity index (χ2n) is 13.7. The summed E-state index contributed by atoms with van der Waals surface area (Å²) in [5, 5.41) is 5.97. The highest BCUT2D eigenvalue weighted by atomic mass is 16.6. The smallest absolute Gasteiger partial charge is 0.410 e. The van der Waals surface area contributed by atoms with E-state index in [0.29, 0.717) is 37.8 Å². The Morgan fingerprint density at radius 3 is 2.43 bits per heavy atom. The summed E-state index contributed by atoms with van der Waals surface area (Å²) in [5.74, 6) is -0.189. The lowest BCUT2D eigenvalue weighted by Gasteiger charge is -2.34. The van der Waals surface area contributed by atoms with Gasteiger partial charge in [0.05, 0.1) is 19.1 Å². The minimum Gasteiger partial charge on any atom is -0.444 e. The lowest BCUT2D eigenvalue weighted by atomic mass is 9.89. The molecule has 3 atom stereocenters. The molecule has 2 aromatic rings. The molecular formula is C34H49N5O5. The van der Waals surface area contributed by atoms with Gasteiger partial charge in [0.15, 0.2) is 0 Å². The first-order valence-corrected chi connectivity index (χ1v) is 16.0. The van der Waals surface area contributed by atoms with E-state index in [1.807, 2.05) is 53.7 Å². The molecule has 2 N–H and O–H groups in total. The van der Waals surface area contributed by atoms with Crippen LogP contribution in [0.3, 0.4) is 0 Å². The number of rotatable bonds is 6. The van der Waals surface area contributed by atoms with Crippen molar-refractivity contribution >= 4 is 23.4 Å². The average molecular weight is 608 g/mol. The number of hydrogen-bond acceptors (Lipinski definition) is 6. The second-order valence-corrected chi connectivity index (χ2v) is 13.7. The maximum atomic E-state index is 13.7. The minimum absolute atomic E-state index is 0.0412. The van der Waals surface area contributed by atoms with Crippen LogP contribution < -0.4 is 10.6 Å². The highest BCUT2D eigenvalue weighted by Gasteiger charge is 2.31. The predicted octanol–water partition coefficient (Wildman–Crippen LogP) is 4.77. The number of pyridine rings is 1. The number of nitrogens with zero attached hydrogens (tertiary/aromatic N) is 3. The molecule has 0 spiro atoms. The number of nitrogens with one attached hydrogen (secondary N) is 2. The van der Waals surface area contributed by atoms with E-state index in [-0.39, 0.29) is 42.3 Å². The number of ether oxygens (including phenoxy) is 2. The zero-order valence-corrected chi connectivity index (χ0v) is 27.4. The number of fused-ring (bicyclic) bond motifs is 1. The van der Waals surface area contributed by atoms with Gasteiger partial charge in [-0.25, -0.2) is 4.79 Å². The maximum absolute atomic E-state index is 13.7. The Morgan fingerprint density at radius 2 is 1.80 bits per heavy atom. The van der Waals surface area contributed by atoms with Crippen LogP contribution in [0.15, 0.2) is 30.1 Å². The topological polar surface area (TPSA) is 105 Å². The second kappa shape index (κ2) is 12.9. The molecule has 3 unspecified atom stereocenters. The third-order valence-corrected chi connectivity index (χ3v) is 9.35. The van der Waals surface area contributed by atoms with E-state index in [1.165, 1.54) is 5.56 Å². The average Bonchev–Trinajstić information content (AvgIpc) is 3.39. The Kier molecular flexibility index (Phi) is 9.41. The molecule has 2 fully saturated rings. The Bertz CT molecular complexity index is 1430. The number of hydrogen-bond donors (Lipinski definition) is 2. The molecule has 240 valence electrons. The van der Waals surface area contributed by atoms with Crippen LogP contribution >= 0.6 is 0 Å². The van der Waals surface area contributed by atoms with Crippen LogP contribution in [0.25, 0.3) is 5.52 Å². The number of morpholine rings is 1. The number of carbonyl (C=O) groups excluding carboxylic acids is 3. The van der Waals surface area contributed by atoms with E-state index in [1.54, 1.807) is 4.90 Å². The molecule has 0 aromatic carbocycles. The summed E-state index contributed by atoms with van der Waals surface area (Å²) in [6.07, 6.45) is 5.72. The van der Waals surface area contributed by atoms with Gasteiger partial charge in [-0.2, -0.15) is 0 Å². The van der Waals surface area contributed by atoms with Crippen molar-refractivity contribution in [3.8, 4) is 0 Å². The van der Waals surface area contributed by atoms with Gasteiger partial charge in [0, 0.05) is 67.4 Å². The van der Waals surface area contributed by atoms with Gasteiger partial charge in [-0.1, -0.05) is 13.0 Å². The van der Waals surface area contributed by atoms with E-state index < -0.39 is 5.60 Å². The number of aromatic nitrogens is 1. The first-order chi connectivity index (χ1) is 20.8. The fourth-order valence-electron chi connectivity index (χ4n) is 6.88. The zero-order chi connectivity index (χ0) is 31.8. The Balaban J connectivity index is 1.41. The minimum atomic E-state index is -0.513. The van der Waals surface area contributed by atoms with Crippen LogP contribution in [-0.2, 0) is 14.3 Å². The first-order valence-electron chi connectivity index (χ1n) is 16.0. The summed E-state index contributed by atoms with van der Waals surface area (Å²) in [6.45, 7) is 18.4. The fourth-order valence-corrected chi connectivity index (χ4v) is 6.88. The van der Waals surface area contributed by atoms with Gasteiger partial charge in [-0.3, -0.25) is 14.5 Å². The maximum Gasteiger partial charge on any atom is 0.410 e. The molecule has 5 heterocycles. The third-order valence-electron chi connectivity index (χ3n) is 9.35. The molecule has 0 radical (unpaired) electrons. The molecule has 5 rings (SSSR count). The SMILES string of the molecule is CC1=CC(C)C(CNC(=O)c2cc3cc(C4CCN(C(=O)OC(C)(C)C)CC4)cn3c(C(C)N3CCOCC3)c2C)C(=O)N1. The van der Waals surface area contributed by atoms with Crippen molar-refractivity contribution in [1.29, 1.82) is 0 Å². The Labute approximate surface area is 261 Å². The molecule has 10 nitrogen and oxygen atoms in total. The van der Waals surface area contributed by atoms with Gasteiger partial charge in [0.2, 0.25) is 5.91 Å². The quantitative estimate of drug-likeness (QED) is 0.490. The van der Waals surface area contributed by atoms with Gasteiger partial charge in [-0.15, -0.1) is 0 Å². The van der Waals surface area contributed by atoms with Crippen molar-refractivity contribution in [2.24, 2.45) is 11.8 Å². The van der Waals surface area contributed by atoms with Crippen molar-refractivity contribution in [3.63, 3.8) is 0 Å². The summed E-state index contributed by atoms with van der Waals surface area (Å²) >= 11 is 0. The highest BCUT2D eigenvalue weighted by molar-refractivity contribution is 5.97. The van der Waals surface area contributed by atoms with E-state index in [4.69, 9.17) is 9.47 Å². The summed E-state index contributed by atoms with van der Waals surface area (Å²) < 4.78 is 13.5. The monoisotopic (exact) mass is 607 g/mol. The summed E-state index contributed by atoms with van der Waals surface area (Å²) in [5.41, 5.74) is 5.20. The van der Waals surface area contributed by atoms with Gasteiger partial charge in [-0.05, 0) is 89.5 Å². The number of carbonyl (C=O) groups is 3. The van der Waals surface area contributed by atoms with E-state index in [0.717, 1.165) is 48.4 Å². The van der Waals surface area contributed by atoms with Gasteiger partial charge in [0.1, 0.15) is 5.60 Å². The zero-order valence-electron chi connectivity index (χ0n) is 27.4. The van der Waals surface area contributed by atoms with E-state index >= 15 is 0 Å². The van der Waals surface area contributed by atoms with Gasteiger partial charge < -0.3 is 29.4 Å². The van der Waals surface area contributed by atoms with Gasteiger partial charge >= 0.3 is 6.09 Å². The van der Waals surface area contributed by atoms with Crippen molar-refractivity contribution in [2.45, 2.75) is 78.9 Å². The highest BCUT2D eigenvalue weighted by Crippen LogP contribution is 2.34. The molecule has 10 heteroatoms. The Hall–Kier alpha value is -3.37. The number of allylic oxidation sites excluding steroid dienone is 2. The van der Waals surface area contributed by atoms with Crippen LogP contribution in [0.5, 0.6) is 0 Å². The molecule has 0 aliphatic carbocycles. The van der Waals surface area contributed by atoms with Crippen molar-refractivity contribution < 1.29 is 23.9 Å². The van der Waals surface area contributed by atoms with Crippen molar-refractivity contribution in [2.75, 3.05) is 45.9 Å². The molecule has 3 aliphatic heterocycles. The third kappa shape index (κ3) is 6.96. The molecular weight excluding hydrogens is 558 g/mol. The standard InChI is InChI=1S/C34H49N5O5/c1-21-16-22(2)36-32(41)29(21)19-35-31(40)28-18-27-17-26(25-8-10-38(11-9-25)33(42)44-34(5,6)7)20-39(27)30(23(28)3)24(4)37-12-14-43-15-13-37/h16-18,20-21,24-25,29H,8-15,19H2,1-7H3,(H,35,40)(H,36,41). The molecule has 0 saturated carbocycles. The molecule has 3 aliphatic rings. The summed E-state index contributed by atoms with van der Waals surface area (Å²) in [7, 11) is 0. The number of piperidine rings is 1. The summed E-state index contributed by atoms with van der Waals surface area (Å²) in [6, 6.07) is 4.25. The lowest BCUT2D eigenvalue weighted by Crippen LogP contribution is -2.44. The molecule has 2 aromatic heterocycles. The van der Waals surface area contributed by atoms with Gasteiger partial charge in [0.25, 0.3) is 5.91 Å². The van der Waals surface area contributed by atoms with Crippen LogP contribution in [0.4, 0.5) is 4.79 Å². The predicted molar refractivity (Wildman–Crippen MR) is 170 cm³/mol. The lowest BCUT2D eigenvalue weighted by molar-refractivity contribution is -0.125. The van der Waals surface area contributed by atoms with Crippen LogP contribution in [0, 0.1) is 18.8 Å². The normalized spacial score (nSPS) is 22.8. The number of likely N-dealkylation sites (tertiary alicyclic amines) is 1. The Morgan fingerprint density at radius 1 is 1.11 bits per heavy atom. The number of amides is 3. The van der Waals surface area contributed by atoms with E-state index in [2.05, 4.69) is 39.1 Å². The molecule has 3 amide bonds. The van der Waals surface area contributed by atoms with Crippen molar-refractivity contribution in [3.05, 3.63) is 52.5 Å². The van der Waals surface area contributed by atoms with Crippen molar-refractivity contribution in [1.82, 2.24) is 24.8 Å². The van der Waals surface area contributed by atoms with Crippen LogP contribution in [0.2, 0.25) is 0 Å². The first kappa shape index (κ1) is 32.0. The summed E-state index contributed by atoms with van der Waals surface area (Å²) in [4.78, 5) is 43.2. The fraction of sp³-hybridized carbons (Fsp3) is 0.618. The largest absolute Gasteiger partial charge is 0.444 e. The molecule has 2 saturated heterocycles. The van der Waals surface area contributed by atoms with E-state index in [9.17, 15) is 14.4 Å². The molecule has 44 heavy (non-hydrogen) atoms. The van der Waals surface area contributed by atoms with Crippen LogP contribution in [-0.4, -0.2) is 83.6 Å². The molecule has 0 bridgehead atoms.